The molecule has 1 saturated carbocycles. The highest BCUT2D eigenvalue weighted by atomic mass is 16.5. The van der Waals surface area contributed by atoms with Crippen LogP contribution in [-0.4, -0.2) is 6.10 Å². The van der Waals surface area contributed by atoms with E-state index in [0.717, 1.165) is 29.0 Å². The standard InChI is InChI=1S/C32H38O/c1-2-31(26-14-3-7-17-27-18-15-16-19-27)33-32(28-20-8-4-9-21-28,29-22-10-5-11-23-29)30-24-12-6-13-25-30/h2,4-6,8-13,20-25,27,31H,1,3,7,14-19,26H2. The molecule has 0 heterocycles. The van der Waals surface area contributed by atoms with Crippen LogP contribution in [0.15, 0.2) is 104 Å². The highest BCUT2D eigenvalue weighted by Gasteiger charge is 2.39. The van der Waals surface area contributed by atoms with Gasteiger partial charge in [-0.25, -0.2) is 0 Å². The van der Waals surface area contributed by atoms with Crippen LogP contribution >= 0.6 is 0 Å². The van der Waals surface area contributed by atoms with Gasteiger partial charge in [-0.05, 0) is 29.0 Å². The van der Waals surface area contributed by atoms with Crippen molar-refractivity contribution in [1.82, 2.24) is 0 Å². The van der Waals surface area contributed by atoms with Crippen LogP contribution in [0.3, 0.4) is 0 Å². The second kappa shape index (κ2) is 12.0. The molecule has 3 aromatic carbocycles. The molecule has 0 radical (unpaired) electrons. The minimum Gasteiger partial charge on any atom is -0.354 e. The van der Waals surface area contributed by atoms with Crippen LogP contribution in [0.5, 0.6) is 0 Å². The zero-order valence-electron chi connectivity index (χ0n) is 19.9. The number of hydrogen-bond acceptors (Lipinski definition) is 1. The maximum atomic E-state index is 7.11. The molecule has 4 rings (SSSR count). The smallest absolute Gasteiger partial charge is 0.144 e. The Morgan fingerprint density at radius 2 is 1.21 bits per heavy atom. The summed E-state index contributed by atoms with van der Waals surface area (Å²) in [4.78, 5) is 0. The van der Waals surface area contributed by atoms with Crippen LogP contribution in [0.4, 0.5) is 0 Å². The van der Waals surface area contributed by atoms with Crippen molar-refractivity contribution < 1.29 is 4.74 Å². The number of benzene rings is 3. The van der Waals surface area contributed by atoms with Gasteiger partial charge >= 0.3 is 0 Å². The molecule has 1 heteroatoms. The van der Waals surface area contributed by atoms with Crippen molar-refractivity contribution in [3.05, 3.63) is 120 Å². The molecule has 0 N–H and O–H groups in total. The first-order chi connectivity index (χ1) is 16.3. The monoisotopic (exact) mass is 438 g/mol. The summed E-state index contributed by atoms with van der Waals surface area (Å²) in [5, 5.41) is 0. The summed E-state index contributed by atoms with van der Waals surface area (Å²) in [5.74, 6) is 0.985. The summed E-state index contributed by atoms with van der Waals surface area (Å²) in [6, 6.07) is 31.9. The molecule has 1 nitrogen and oxygen atoms in total. The maximum Gasteiger partial charge on any atom is 0.144 e. The zero-order chi connectivity index (χ0) is 22.8. The molecule has 172 valence electrons. The third kappa shape index (κ3) is 5.84. The summed E-state index contributed by atoms with van der Waals surface area (Å²) in [7, 11) is 0. The van der Waals surface area contributed by atoms with Crippen LogP contribution in [0.2, 0.25) is 0 Å². The van der Waals surface area contributed by atoms with E-state index in [-0.39, 0.29) is 6.10 Å². The van der Waals surface area contributed by atoms with Gasteiger partial charge in [-0.1, -0.05) is 148 Å². The van der Waals surface area contributed by atoms with Crippen molar-refractivity contribution in [1.29, 1.82) is 0 Å². The van der Waals surface area contributed by atoms with E-state index < -0.39 is 5.60 Å². The normalized spacial score (nSPS) is 15.4. The Labute approximate surface area is 200 Å². The first-order valence-corrected chi connectivity index (χ1v) is 12.8. The van der Waals surface area contributed by atoms with Crippen molar-refractivity contribution in [3.63, 3.8) is 0 Å². The molecule has 1 aliphatic rings. The van der Waals surface area contributed by atoms with Crippen molar-refractivity contribution >= 4 is 0 Å². The van der Waals surface area contributed by atoms with Gasteiger partial charge in [-0.3, -0.25) is 0 Å². The summed E-state index contributed by atoms with van der Waals surface area (Å²) in [6.45, 7) is 4.16. The Morgan fingerprint density at radius 3 is 1.67 bits per heavy atom. The number of unbranched alkanes of at least 4 members (excludes halogenated alkanes) is 2. The summed E-state index contributed by atoms with van der Waals surface area (Å²) in [5.41, 5.74) is 2.77. The van der Waals surface area contributed by atoms with Gasteiger partial charge in [0.2, 0.25) is 0 Å². The summed E-state index contributed by atoms with van der Waals surface area (Å²) < 4.78 is 7.11. The molecule has 0 saturated heterocycles. The van der Waals surface area contributed by atoms with Crippen LogP contribution in [0.1, 0.15) is 74.5 Å². The SMILES string of the molecule is C=CC(CCCCCC1CCCC1)OC(c1ccccc1)(c1ccccc1)c1ccccc1. The molecule has 0 amide bonds. The van der Waals surface area contributed by atoms with Gasteiger partial charge in [0, 0.05) is 0 Å². The lowest BCUT2D eigenvalue weighted by Gasteiger charge is -2.38. The van der Waals surface area contributed by atoms with E-state index in [1.807, 2.05) is 6.08 Å². The largest absolute Gasteiger partial charge is 0.354 e. The quantitative estimate of drug-likeness (QED) is 0.156. The molecular weight excluding hydrogens is 400 g/mol. The van der Waals surface area contributed by atoms with E-state index in [2.05, 4.69) is 97.6 Å². The summed E-state index contributed by atoms with van der Waals surface area (Å²) >= 11 is 0. The Morgan fingerprint density at radius 1 is 0.727 bits per heavy atom. The Kier molecular flexibility index (Phi) is 8.55. The van der Waals surface area contributed by atoms with Crippen LogP contribution in [0.25, 0.3) is 0 Å². The molecule has 0 spiro atoms. The van der Waals surface area contributed by atoms with Gasteiger partial charge in [-0.15, -0.1) is 6.58 Å². The molecule has 1 fully saturated rings. The number of ether oxygens (including phenoxy) is 1. The predicted octanol–water partition coefficient (Wildman–Crippen LogP) is 8.69. The van der Waals surface area contributed by atoms with Crippen molar-refractivity contribution in [2.45, 2.75) is 69.5 Å². The predicted molar refractivity (Wildman–Crippen MR) is 139 cm³/mol. The second-order valence-corrected chi connectivity index (χ2v) is 9.46. The first-order valence-electron chi connectivity index (χ1n) is 12.8. The Bertz CT molecular complexity index is 845. The molecule has 0 aliphatic heterocycles. The average Bonchev–Trinajstić information content (AvgIpc) is 3.41. The fraction of sp³-hybridized carbons (Fsp3) is 0.375. The molecule has 3 aromatic rings. The molecule has 1 atom stereocenters. The van der Waals surface area contributed by atoms with E-state index in [9.17, 15) is 0 Å². The van der Waals surface area contributed by atoms with Gasteiger partial charge in [0.25, 0.3) is 0 Å². The minimum absolute atomic E-state index is 0.0166. The molecule has 0 bridgehead atoms. The van der Waals surface area contributed by atoms with Crippen molar-refractivity contribution in [2.75, 3.05) is 0 Å². The minimum atomic E-state index is -0.674. The van der Waals surface area contributed by atoms with Gasteiger partial charge in [0.05, 0.1) is 6.10 Å². The lowest BCUT2D eigenvalue weighted by Crippen LogP contribution is -2.36. The highest BCUT2D eigenvalue weighted by Crippen LogP contribution is 2.42. The van der Waals surface area contributed by atoms with Gasteiger partial charge < -0.3 is 4.74 Å². The van der Waals surface area contributed by atoms with E-state index in [1.165, 1.54) is 51.4 Å². The van der Waals surface area contributed by atoms with Gasteiger partial charge in [0.1, 0.15) is 5.60 Å². The van der Waals surface area contributed by atoms with E-state index >= 15 is 0 Å². The number of hydrogen-bond donors (Lipinski definition) is 0. The molecule has 1 aliphatic carbocycles. The molecule has 1 unspecified atom stereocenters. The third-order valence-electron chi connectivity index (χ3n) is 7.21. The lowest BCUT2D eigenvalue weighted by molar-refractivity contribution is -0.0285. The Balaban J connectivity index is 1.56. The fourth-order valence-corrected chi connectivity index (χ4v) is 5.43. The molecule has 0 aromatic heterocycles. The highest BCUT2D eigenvalue weighted by molar-refractivity contribution is 5.47. The van der Waals surface area contributed by atoms with Crippen molar-refractivity contribution in [2.24, 2.45) is 5.92 Å². The first kappa shape index (κ1) is 23.5. The van der Waals surface area contributed by atoms with Crippen LogP contribution < -0.4 is 0 Å². The van der Waals surface area contributed by atoms with Crippen LogP contribution in [0, 0.1) is 5.92 Å². The fourth-order valence-electron chi connectivity index (χ4n) is 5.43. The third-order valence-corrected chi connectivity index (χ3v) is 7.21. The lowest BCUT2D eigenvalue weighted by atomic mass is 9.79. The van der Waals surface area contributed by atoms with E-state index in [4.69, 9.17) is 4.74 Å². The summed E-state index contributed by atoms with van der Waals surface area (Å²) in [6.07, 6.45) is 14.0. The number of rotatable bonds is 12. The molecular formula is C32H38O. The van der Waals surface area contributed by atoms with Crippen LogP contribution in [-0.2, 0) is 10.3 Å². The Hall–Kier alpha value is -2.64. The van der Waals surface area contributed by atoms with Crippen molar-refractivity contribution in [3.8, 4) is 0 Å². The zero-order valence-corrected chi connectivity index (χ0v) is 19.9. The molecule has 33 heavy (non-hydrogen) atoms. The van der Waals surface area contributed by atoms with Gasteiger partial charge in [0.15, 0.2) is 0 Å². The second-order valence-electron chi connectivity index (χ2n) is 9.46. The van der Waals surface area contributed by atoms with E-state index in [0.29, 0.717) is 0 Å². The topological polar surface area (TPSA) is 9.23 Å². The average molecular weight is 439 g/mol. The van der Waals surface area contributed by atoms with Gasteiger partial charge in [-0.2, -0.15) is 0 Å². The maximum absolute atomic E-state index is 7.11. The van der Waals surface area contributed by atoms with E-state index in [1.54, 1.807) is 0 Å².